The molecule has 9 heteroatoms. The maximum absolute atomic E-state index is 13.4. The molecule has 2 heterocycles. The van der Waals surface area contributed by atoms with Crippen LogP contribution in [-0.2, 0) is 11.3 Å². The van der Waals surface area contributed by atoms with Crippen molar-refractivity contribution in [3.8, 4) is 11.3 Å². The van der Waals surface area contributed by atoms with Gasteiger partial charge in [0.05, 0.1) is 12.2 Å². The number of benzene rings is 2. The van der Waals surface area contributed by atoms with Gasteiger partial charge in [-0.25, -0.2) is 13.8 Å². The molecule has 0 saturated heterocycles. The van der Waals surface area contributed by atoms with Crippen molar-refractivity contribution < 1.29 is 18.4 Å². The van der Waals surface area contributed by atoms with Crippen molar-refractivity contribution in [2.45, 2.75) is 19.9 Å². The Kier molecular flexibility index (Phi) is 6.74. The fraction of sp³-hybridized carbons (Fsp3) is 0.120. The average molecular weight is 480 g/mol. The Bertz CT molecular complexity index is 1410. The molecular weight excluding hydrogens is 460 g/mol. The zero-order valence-electron chi connectivity index (χ0n) is 18.0. The van der Waals surface area contributed by atoms with E-state index in [-0.39, 0.29) is 36.0 Å². The number of amides is 1. The molecule has 4 rings (SSSR count). The van der Waals surface area contributed by atoms with Gasteiger partial charge in [-0.1, -0.05) is 6.92 Å². The first-order chi connectivity index (χ1) is 16.4. The largest absolute Gasteiger partial charge is 0.321 e. The Hall–Kier alpha value is -3.98. The molecule has 2 aromatic carbocycles. The number of ketones is 1. The monoisotopic (exact) mass is 479 g/mol. The van der Waals surface area contributed by atoms with Crippen LogP contribution in [0.5, 0.6) is 0 Å². The molecule has 1 N–H and O–H groups in total. The summed E-state index contributed by atoms with van der Waals surface area (Å²) in [6, 6.07) is 14.0. The molecule has 4 aromatic rings. The first-order valence-electron chi connectivity index (χ1n) is 10.4. The van der Waals surface area contributed by atoms with Gasteiger partial charge in [-0.15, -0.1) is 11.3 Å². The number of hydrogen-bond acceptors (Lipinski definition) is 5. The van der Waals surface area contributed by atoms with Gasteiger partial charge >= 0.3 is 0 Å². The molecule has 172 valence electrons. The van der Waals surface area contributed by atoms with Gasteiger partial charge in [-0.05, 0) is 66.2 Å². The van der Waals surface area contributed by atoms with Gasteiger partial charge in [0.2, 0.25) is 11.7 Å². The minimum Gasteiger partial charge on any atom is -0.321 e. The number of carbonyl (C=O) groups excluding carboxylic acids is 2. The van der Waals surface area contributed by atoms with Crippen molar-refractivity contribution in [3.05, 3.63) is 104 Å². The average Bonchev–Trinajstić information content (AvgIpc) is 3.31. The predicted octanol–water partition coefficient (Wildman–Crippen LogP) is 4.88. The number of carbonyl (C=O) groups is 2. The van der Waals surface area contributed by atoms with E-state index in [1.807, 2.05) is 0 Å². The highest BCUT2D eigenvalue weighted by molar-refractivity contribution is 7.09. The molecule has 1 amide bonds. The van der Waals surface area contributed by atoms with Crippen molar-refractivity contribution in [3.63, 3.8) is 0 Å². The summed E-state index contributed by atoms with van der Waals surface area (Å²) in [5.74, 6) is -1.52. The molecule has 0 spiro atoms. The Morgan fingerprint density at radius 1 is 0.971 bits per heavy atom. The summed E-state index contributed by atoms with van der Waals surface area (Å²) in [6.07, 6.45) is 0.209. The summed E-state index contributed by atoms with van der Waals surface area (Å²) in [4.78, 5) is 42.1. The van der Waals surface area contributed by atoms with E-state index in [1.165, 1.54) is 58.4 Å². The van der Waals surface area contributed by atoms with E-state index < -0.39 is 17.2 Å². The van der Waals surface area contributed by atoms with E-state index in [0.717, 1.165) is 0 Å². The van der Waals surface area contributed by atoms with E-state index in [0.29, 0.717) is 21.8 Å². The van der Waals surface area contributed by atoms with Crippen molar-refractivity contribution in [2.24, 2.45) is 0 Å². The van der Waals surface area contributed by atoms with Crippen LogP contribution in [0.25, 0.3) is 11.3 Å². The highest BCUT2D eigenvalue weighted by atomic mass is 32.1. The third-order valence-electron chi connectivity index (χ3n) is 5.09. The van der Waals surface area contributed by atoms with Crippen LogP contribution in [-0.4, -0.2) is 21.2 Å². The zero-order valence-corrected chi connectivity index (χ0v) is 18.9. The van der Waals surface area contributed by atoms with E-state index in [1.54, 1.807) is 30.5 Å². The summed E-state index contributed by atoms with van der Waals surface area (Å²) in [5, 5.41) is 4.65. The number of anilines is 1. The molecule has 34 heavy (non-hydrogen) atoms. The molecule has 0 aliphatic heterocycles. The number of nitrogens with one attached hydrogen (secondary N) is 1. The van der Waals surface area contributed by atoms with Crippen molar-refractivity contribution >= 4 is 28.7 Å². The Morgan fingerprint density at radius 2 is 1.62 bits per heavy atom. The van der Waals surface area contributed by atoms with Gasteiger partial charge < -0.3 is 5.32 Å². The van der Waals surface area contributed by atoms with Gasteiger partial charge in [0.25, 0.3) is 5.56 Å². The standard InChI is InChI=1S/C25H19F2N3O3S/c1-2-22(31)28-19-11-12-21(15-3-7-17(26)8-4-15)30(25(19)33)13-23-29-20(14-34-23)24(32)16-5-9-18(27)10-6-16/h3-12,14H,2,13H2,1H3,(H,28,31). The van der Waals surface area contributed by atoms with E-state index in [9.17, 15) is 23.2 Å². The fourth-order valence-electron chi connectivity index (χ4n) is 3.31. The maximum Gasteiger partial charge on any atom is 0.275 e. The normalized spacial score (nSPS) is 10.8. The molecular formula is C25H19F2N3O3S. The molecule has 0 unspecified atom stereocenters. The Morgan fingerprint density at radius 3 is 2.26 bits per heavy atom. The van der Waals surface area contributed by atoms with Crippen LogP contribution in [0.3, 0.4) is 0 Å². The molecule has 2 aromatic heterocycles. The fourth-order valence-corrected chi connectivity index (χ4v) is 4.08. The lowest BCUT2D eigenvalue weighted by molar-refractivity contribution is -0.115. The van der Waals surface area contributed by atoms with E-state index in [4.69, 9.17) is 0 Å². The van der Waals surface area contributed by atoms with Crippen LogP contribution in [0.2, 0.25) is 0 Å². The number of rotatable bonds is 7. The van der Waals surface area contributed by atoms with Crippen molar-refractivity contribution in [1.29, 1.82) is 0 Å². The number of thiazole rings is 1. The van der Waals surface area contributed by atoms with Gasteiger partial charge in [-0.2, -0.15) is 0 Å². The molecule has 0 fully saturated rings. The Balaban J connectivity index is 1.71. The topological polar surface area (TPSA) is 81.1 Å². The number of aromatic nitrogens is 2. The SMILES string of the molecule is CCC(=O)Nc1ccc(-c2ccc(F)cc2)n(Cc2nc(C(=O)c3ccc(F)cc3)cs2)c1=O. The van der Waals surface area contributed by atoms with Crippen molar-refractivity contribution in [1.82, 2.24) is 9.55 Å². The zero-order chi connectivity index (χ0) is 24.2. The second-order valence-electron chi connectivity index (χ2n) is 7.39. The second-order valence-corrected chi connectivity index (χ2v) is 8.34. The third-order valence-corrected chi connectivity index (χ3v) is 5.93. The molecule has 0 atom stereocenters. The minimum atomic E-state index is -0.453. The van der Waals surface area contributed by atoms with Gasteiger partial charge in [0, 0.05) is 17.4 Å². The summed E-state index contributed by atoms with van der Waals surface area (Å²) in [6.45, 7) is 1.71. The summed E-state index contributed by atoms with van der Waals surface area (Å²) < 4.78 is 28.0. The highest BCUT2D eigenvalue weighted by Gasteiger charge is 2.17. The molecule has 0 aliphatic rings. The second kappa shape index (κ2) is 9.88. The van der Waals surface area contributed by atoms with Crippen LogP contribution in [0, 0.1) is 11.6 Å². The van der Waals surface area contributed by atoms with Crippen LogP contribution in [0.4, 0.5) is 14.5 Å². The summed E-state index contributed by atoms with van der Waals surface area (Å²) in [7, 11) is 0. The summed E-state index contributed by atoms with van der Waals surface area (Å²) in [5.41, 5.74) is 1.24. The van der Waals surface area contributed by atoms with Gasteiger partial charge in [-0.3, -0.25) is 19.0 Å². The molecule has 0 saturated carbocycles. The van der Waals surface area contributed by atoms with Crippen LogP contribution in [0.15, 0.2) is 70.8 Å². The Labute approximate surface area is 197 Å². The minimum absolute atomic E-state index is 0.0305. The first kappa shape index (κ1) is 23.2. The van der Waals surface area contributed by atoms with Crippen LogP contribution >= 0.6 is 11.3 Å². The maximum atomic E-state index is 13.4. The molecule has 0 radical (unpaired) electrons. The number of nitrogens with zero attached hydrogens (tertiary/aromatic N) is 2. The van der Waals surface area contributed by atoms with Gasteiger partial charge in [0.1, 0.15) is 28.0 Å². The number of halogens is 2. The lowest BCUT2D eigenvalue weighted by Crippen LogP contribution is -2.27. The quantitative estimate of drug-likeness (QED) is 0.383. The highest BCUT2D eigenvalue weighted by Crippen LogP contribution is 2.23. The van der Waals surface area contributed by atoms with Crippen molar-refractivity contribution in [2.75, 3.05) is 5.32 Å². The number of hydrogen-bond donors (Lipinski definition) is 1. The first-order valence-corrected chi connectivity index (χ1v) is 11.3. The summed E-state index contributed by atoms with van der Waals surface area (Å²) >= 11 is 1.20. The lowest BCUT2D eigenvalue weighted by Gasteiger charge is -2.14. The van der Waals surface area contributed by atoms with Crippen LogP contribution < -0.4 is 10.9 Å². The van der Waals surface area contributed by atoms with Crippen LogP contribution in [0.1, 0.15) is 34.4 Å². The molecule has 0 bridgehead atoms. The third kappa shape index (κ3) is 4.99. The smallest absolute Gasteiger partial charge is 0.275 e. The predicted molar refractivity (Wildman–Crippen MR) is 126 cm³/mol. The van der Waals surface area contributed by atoms with E-state index >= 15 is 0 Å². The lowest BCUT2D eigenvalue weighted by atomic mass is 10.1. The number of pyridine rings is 1. The van der Waals surface area contributed by atoms with Gasteiger partial charge in [0.15, 0.2) is 0 Å². The molecule has 6 nitrogen and oxygen atoms in total. The molecule has 0 aliphatic carbocycles. The van der Waals surface area contributed by atoms with E-state index in [2.05, 4.69) is 10.3 Å².